The molecule has 0 radical (unpaired) electrons. The van der Waals surface area contributed by atoms with Crippen LogP contribution in [0.3, 0.4) is 0 Å². The fourth-order valence-corrected chi connectivity index (χ4v) is 5.64. The normalized spacial score (nSPS) is 23.5. The number of nitrogens with one attached hydrogen (secondary N) is 2. The Kier molecular flexibility index (Phi) is 5.12. The average Bonchev–Trinajstić information content (AvgIpc) is 2.73. The van der Waals surface area contributed by atoms with E-state index in [4.69, 9.17) is 0 Å². The SMILES string of the molecule is C[C@@]1(NC(=O)CCNS(=O)(=O)c2ccccc2)CCS(=O)(=O)C1. The quantitative estimate of drug-likeness (QED) is 0.745. The van der Waals surface area contributed by atoms with Gasteiger partial charge in [0, 0.05) is 13.0 Å². The lowest BCUT2D eigenvalue weighted by molar-refractivity contribution is -0.122. The summed E-state index contributed by atoms with van der Waals surface area (Å²) in [6.07, 6.45) is 0.318. The van der Waals surface area contributed by atoms with Gasteiger partial charge in [-0.1, -0.05) is 18.2 Å². The summed E-state index contributed by atoms with van der Waals surface area (Å²) in [5.41, 5.74) is -0.770. The van der Waals surface area contributed by atoms with E-state index in [1.807, 2.05) is 0 Å². The number of sulfonamides is 1. The van der Waals surface area contributed by atoms with Crippen molar-refractivity contribution in [3.63, 3.8) is 0 Å². The monoisotopic (exact) mass is 360 g/mol. The van der Waals surface area contributed by atoms with Crippen molar-refractivity contribution in [1.29, 1.82) is 0 Å². The van der Waals surface area contributed by atoms with E-state index in [-0.39, 0.29) is 35.3 Å². The third kappa shape index (κ3) is 5.02. The van der Waals surface area contributed by atoms with Gasteiger partial charge in [0.05, 0.1) is 21.9 Å². The average molecular weight is 360 g/mol. The molecule has 1 aromatic rings. The van der Waals surface area contributed by atoms with E-state index < -0.39 is 25.4 Å². The molecular weight excluding hydrogens is 340 g/mol. The number of rotatable bonds is 6. The molecule has 0 spiro atoms. The predicted octanol–water partition coefficient (Wildman–Crippen LogP) is 0.0484. The Morgan fingerprint density at radius 1 is 1.26 bits per heavy atom. The minimum Gasteiger partial charge on any atom is -0.350 e. The Balaban J connectivity index is 1.84. The first-order valence-electron chi connectivity index (χ1n) is 7.18. The highest BCUT2D eigenvalue weighted by atomic mass is 32.2. The molecule has 1 fully saturated rings. The predicted molar refractivity (Wildman–Crippen MR) is 86.1 cm³/mol. The van der Waals surface area contributed by atoms with Crippen molar-refractivity contribution < 1.29 is 21.6 Å². The molecule has 1 saturated heterocycles. The second-order valence-electron chi connectivity index (χ2n) is 5.91. The standard InChI is InChI=1S/C14H20N2O5S2/c1-14(8-10-22(18,19)11-14)16-13(17)7-9-15-23(20,21)12-5-3-2-4-6-12/h2-6,15H,7-11H2,1H3,(H,16,17)/t14-/m1/s1. The molecule has 1 heterocycles. The minimum absolute atomic E-state index is 0.0497. The van der Waals surface area contributed by atoms with E-state index in [1.54, 1.807) is 25.1 Å². The maximum atomic E-state index is 12.0. The van der Waals surface area contributed by atoms with Crippen molar-refractivity contribution in [1.82, 2.24) is 10.0 Å². The van der Waals surface area contributed by atoms with Gasteiger partial charge in [-0.15, -0.1) is 0 Å². The largest absolute Gasteiger partial charge is 0.350 e. The fourth-order valence-electron chi connectivity index (χ4n) is 2.49. The zero-order chi connectivity index (χ0) is 17.1. The molecule has 1 aromatic carbocycles. The highest BCUT2D eigenvalue weighted by molar-refractivity contribution is 7.91. The van der Waals surface area contributed by atoms with E-state index in [0.717, 1.165) is 0 Å². The molecule has 1 amide bonds. The van der Waals surface area contributed by atoms with Crippen LogP contribution in [-0.4, -0.2) is 46.3 Å². The Labute approximate surface area is 136 Å². The van der Waals surface area contributed by atoms with Gasteiger partial charge < -0.3 is 5.32 Å². The van der Waals surface area contributed by atoms with Gasteiger partial charge in [-0.3, -0.25) is 4.79 Å². The second-order valence-corrected chi connectivity index (χ2v) is 9.86. The Morgan fingerprint density at radius 3 is 2.48 bits per heavy atom. The van der Waals surface area contributed by atoms with Crippen LogP contribution in [0.4, 0.5) is 0 Å². The molecule has 9 heteroatoms. The van der Waals surface area contributed by atoms with E-state index in [9.17, 15) is 21.6 Å². The summed E-state index contributed by atoms with van der Waals surface area (Å²) < 4.78 is 49.3. The summed E-state index contributed by atoms with van der Waals surface area (Å²) in [4.78, 5) is 12.0. The smallest absolute Gasteiger partial charge is 0.240 e. The third-order valence-corrected chi connectivity index (χ3v) is 7.02. The molecule has 0 aromatic heterocycles. The number of amides is 1. The van der Waals surface area contributed by atoms with Crippen molar-refractivity contribution in [3.05, 3.63) is 30.3 Å². The van der Waals surface area contributed by atoms with Crippen molar-refractivity contribution in [2.75, 3.05) is 18.1 Å². The first-order valence-corrected chi connectivity index (χ1v) is 10.5. The first-order chi connectivity index (χ1) is 10.6. The lowest BCUT2D eigenvalue weighted by Gasteiger charge is -2.23. The zero-order valence-corrected chi connectivity index (χ0v) is 14.4. The minimum atomic E-state index is -3.64. The summed E-state index contributed by atoms with van der Waals surface area (Å²) >= 11 is 0. The topological polar surface area (TPSA) is 109 Å². The Hall–Kier alpha value is -1.45. The van der Waals surface area contributed by atoms with Crippen LogP contribution in [0.2, 0.25) is 0 Å². The summed E-state index contributed by atoms with van der Waals surface area (Å²) in [5.74, 6) is -0.397. The highest BCUT2D eigenvalue weighted by Crippen LogP contribution is 2.22. The number of sulfone groups is 1. The van der Waals surface area contributed by atoms with Gasteiger partial charge >= 0.3 is 0 Å². The van der Waals surface area contributed by atoms with Crippen LogP contribution >= 0.6 is 0 Å². The van der Waals surface area contributed by atoms with E-state index in [2.05, 4.69) is 10.0 Å². The lowest BCUT2D eigenvalue weighted by atomic mass is 10.0. The maximum absolute atomic E-state index is 12.0. The molecule has 7 nitrogen and oxygen atoms in total. The van der Waals surface area contributed by atoms with Crippen LogP contribution in [0.25, 0.3) is 0 Å². The van der Waals surface area contributed by atoms with Gasteiger partial charge in [0.1, 0.15) is 0 Å². The van der Waals surface area contributed by atoms with Gasteiger partial charge in [0.15, 0.2) is 9.84 Å². The molecule has 1 aliphatic heterocycles. The van der Waals surface area contributed by atoms with Gasteiger partial charge in [-0.25, -0.2) is 21.6 Å². The molecule has 0 aliphatic carbocycles. The van der Waals surface area contributed by atoms with Crippen molar-refractivity contribution >= 4 is 25.8 Å². The molecule has 128 valence electrons. The van der Waals surface area contributed by atoms with Gasteiger partial charge in [0.2, 0.25) is 15.9 Å². The summed E-state index contributed by atoms with van der Waals surface area (Å²) in [6.45, 7) is 1.63. The molecule has 0 unspecified atom stereocenters. The van der Waals surface area contributed by atoms with Crippen LogP contribution < -0.4 is 10.0 Å². The van der Waals surface area contributed by atoms with Crippen molar-refractivity contribution in [2.45, 2.75) is 30.2 Å². The van der Waals surface area contributed by atoms with Gasteiger partial charge in [0.25, 0.3) is 0 Å². The first kappa shape index (κ1) is 17.9. The highest BCUT2D eigenvalue weighted by Gasteiger charge is 2.39. The van der Waals surface area contributed by atoms with E-state index in [1.165, 1.54) is 12.1 Å². The molecule has 0 saturated carbocycles. The van der Waals surface area contributed by atoms with Crippen molar-refractivity contribution in [3.8, 4) is 0 Å². The number of benzene rings is 1. The van der Waals surface area contributed by atoms with Crippen LogP contribution in [0.15, 0.2) is 35.2 Å². The zero-order valence-electron chi connectivity index (χ0n) is 12.8. The Morgan fingerprint density at radius 2 is 1.91 bits per heavy atom. The molecule has 2 N–H and O–H groups in total. The molecule has 1 aliphatic rings. The lowest BCUT2D eigenvalue weighted by Crippen LogP contribution is -2.47. The second kappa shape index (κ2) is 6.58. The van der Waals surface area contributed by atoms with Crippen LogP contribution in [0.5, 0.6) is 0 Å². The van der Waals surface area contributed by atoms with Crippen molar-refractivity contribution in [2.24, 2.45) is 0 Å². The number of carbonyl (C=O) groups excluding carboxylic acids is 1. The van der Waals surface area contributed by atoms with E-state index in [0.29, 0.717) is 6.42 Å². The fraction of sp³-hybridized carbons (Fsp3) is 0.500. The summed E-state index contributed by atoms with van der Waals surface area (Å²) in [6, 6.07) is 7.87. The number of carbonyl (C=O) groups is 1. The number of hydrogen-bond donors (Lipinski definition) is 2. The molecule has 23 heavy (non-hydrogen) atoms. The maximum Gasteiger partial charge on any atom is 0.240 e. The van der Waals surface area contributed by atoms with Crippen LogP contribution in [-0.2, 0) is 24.7 Å². The summed E-state index contributed by atoms with van der Waals surface area (Å²) in [5, 5.41) is 2.68. The van der Waals surface area contributed by atoms with E-state index >= 15 is 0 Å². The van der Waals surface area contributed by atoms with Gasteiger partial charge in [-0.05, 0) is 25.5 Å². The van der Waals surface area contributed by atoms with Gasteiger partial charge in [-0.2, -0.15) is 0 Å². The Bertz CT molecular complexity index is 775. The number of hydrogen-bond acceptors (Lipinski definition) is 5. The van der Waals surface area contributed by atoms with Crippen LogP contribution in [0, 0.1) is 0 Å². The summed E-state index contributed by atoms with van der Waals surface area (Å²) in [7, 11) is -6.75. The molecule has 0 bridgehead atoms. The van der Waals surface area contributed by atoms with Crippen LogP contribution in [0.1, 0.15) is 19.8 Å². The molecule has 2 rings (SSSR count). The molecule has 1 atom stereocenters. The molecular formula is C14H20N2O5S2. The third-order valence-electron chi connectivity index (χ3n) is 3.64.